The third-order valence-electron chi connectivity index (χ3n) is 8.86. The number of likely N-dealkylation sites (tertiary alicyclic amines) is 1. The largest absolute Gasteiger partial charge is 0.444 e. The fraction of sp³-hybridized carbons (Fsp3) is 0.429. The molecular formula is C35H39Cl2N5O6. The second kappa shape index (κ2) is 13.2. The van der Waals surface area contributed by atoms with Gasteiger partial charge in [-0.3, -0.25) is 23.6 Å². The number of rotatable bonds is 5. The number of carbonyl (C=O) groups is 2. The van der Waals surface area contributed by atoms with Crippen LogP contribution in [0.4, 0.5) is 4.79 Å². The number of carbonyl (C=O) groups excluding carboxylic acids is 2. The van der Waals surface area contributed by atoms with E-state index < -0.39 is 17.3 Å². The minimum absolute atomic E-state index is 0.0330. The van der Waals surface area contributed by atoms with E-state index in [1.165, 1.54) is 10.9 Å². The van der Waals surface area contributed by atoms with Gasteiger partial charge in [-0.25, -0.2) is 9.78 Å². The lowest BCUT2D eigenvalue weighted by Gasteiger charge is -2.41. The zero-order chi connectivity index (χ0) is 34.4. The summed E-state index contributed by atoms with van der Waals surface area (Å²) in [4.78, 5) is 47.7. The van der Waals surface area contributed by atoms with Gasteiger partial charge in [-0.05, 0) is 88.6 Å². The Hall–Kier alpha value is -3.90. The van der Waals surface area contributed by atoms with Crippen LogP contribution in [0.3, 0.4) is 0 Å². The first-order valence-corrected chi connectivity index (χ1v) is 16.7. The molecule has 2 aromatic carbocycles. The summed E-state index contributed by atoms with van der Waals surface area (Å²) >= 11 is 12.6. The summed E-state index contributed by atoms with van der Waals surface area (Å²) in [6, 6.07) is 15.3. The Labute approximate surface area is 288 Å². The molecule has 11 nitrogen and oxygen atoms in total. The highest BCUT2D eigenvalue weighted by Gasteiger charge is 2.37. The van der Waals surface area contributed by atoms with E-state index in [0.29, 0.717) is 71.6 Å². The number of fused-ring (bicyclic) bond motifs is 1. The monoisotopic (exact) mass is 695 g/mol. The van der Waals surface area contributed by atoms with Gasteiger partial charge in [0.1, 0.15) is 17.1 Å². The number of aliphatic hydroxyl groups is 1. The van der Waals surface area contributed by atoms with Crippen molar-refractivity contribution in [2.24, 2.45) is 0 Å². The topological polar surface area (TPSA) is 119 Å². The van der Waals surface area contributed by atoms with Gasteiger partial charge >= 0.3 is 6.09 Å². The minimum atomic E-state index is -1.19. The molecule has 0 radical (unpaired) electrons. The number of amides is 2. The SMILES string of the molecule is C[C@@H]1COC[C@H](c2ccc(-n3c(Cl)cc4c(=O)n(CC5(O)CCN(C(=O)c6ccc(Cl)cc6)CC5)cnc43)cc2)N1C(=O)OC(C)(C)C. The van der Waals surface area contributed by atoms with Crippen molar-refractivity contribution < 1.29 is 24.2 Å². The van der Waals surface area contributed by atoms with Gasteiger partial charge < -0.3 is 19.5 Å². The molecular weight excluding hydrogens is 657 g/mol. The summed E-state index contributed by atoms with van der Waals surface area (Å²) in [6.45, 7) is 8.93. The number of hydrogen-bond acceptors (Lipinski definition) is 7. The number of benzene rings is 2. The van der Waals surface area contributed by atoms with Crippen molar-refractivity contribution in [2.45, 2.75) is 70.4 Å². The standard InChI is InChI=1S/C35H39Cl2N5O6/c1-22-18-47-19-28(41(22)33(45)48-34(2,3)4)23-7-11-26(12-8-23)42-29(37)17-27-30(42)38-21-40(32(27)44)20-35(46)13-15-39(16-14-35)31(43)24-5-9-25(36)10-6-24/h5-12,17,21-22,28,46H,13-16,18-20H2,1-4H3/t22-,28-/m1/s1. The number of ether oxygens (including phenoxy) is 2. The lowest BCUT2D eigenvalue weighted by Crippen LogP contribution is -2.50. The molecule has 13 heteroatoms. The van der Waals surface area contributed by atoms with Gasteiger partial charge in [0.15, 0.2) is 5.65 Å². The second-order valence-electron chi connectivity index (χ2n) is 13.6. The quantitative estimate of drug-likeness (QED) is 0.278. The average Bonchev–Trinajstić information content (AvgIpc) is 3.38. The lowest BCUT2D eigenvalue weighted by atomic mass is 9.91. The molecule has 0 saturated carbocycles. The first-order valence-electron chi connectivity index (χ1n) is 16.0. The predicted octanol–water partition coefficient (Wildman–Crippen LogP) is 5.86. The molecule has 0 bridgehead atoms. The van der Waals surface area contributed by atoms with Gasteiger partial charge in [0.25, 0.3) is 11.5 Å². The molecule has 2 atom stereocenters. The molecule has 254 valence electrons. The Balaban J connectivity index is 1.19. The third kappa shape index (κ3) is 6.96. The molecule has 4 heterocycles. The van der Waals surface area contributed by atoms with E-state index in [-0.39, 0.29) is 30.1 Å². The lowest BCUT2D eigenvalue weighted by molar-refractivity contribution is -0.0573. The van der Waals surface area contributed by atoms with E-state index in [4.69, 9.17) is 32.7 Å². The van der Waals surface area contributed by atoms with Crippen LogP contribution in [0.1, 0.15) is 62.5 Å². The van der Waals surface area contributed by atoms with Crippen molar-refractivity contribution in [3.8, 4) is 5.69 Å². The zero-order valence-electron chi connectivity index (χ0n) is 27.4. The van der Waals surface area contributed by atoms with E-state index in [2.05, 4.69) is 4.98 Å². The smallest absolute Gasteiger partial charge is 0.411 e. The maximum absolute atomic E-state index is 13.6. The van der Waals surface area contributed by atoms with E-state index in [9.17, 15) is 19.5 Å². The number of aromatic nitrogens is 3. The first-order chi connectivity index (χ1) is 22.7. The van der Waals surface area contributed by atoms with Crippen LogP contribution >= 0.6 is 23.2 Å². The van der Waals surface area contributed by atoms with Crippen LogP contribution in [0.5, 0.6) is 0 Å². The van der Waals surface area contributed by atoms with Crippen molar-refractivity contribution in [2.75, 3.05) is 26.3 Å². The van der Waals surface area contributed by atoms with Gasteiger partial charge in [-0.15, -0.1) is 0 Å². The highest BCUT2D eigenvalue weighted by molar-refractivity contribution is 6.31. The summed E-state index contributed by atoms with van der Waals surface area (Å²) in [5.41, 5.74) is 0.330. The Kier molecular flexibility index (Phi) is 9.34. The Morgan fingerprint density at radius 1 is 1.04 bits per heavy atom. The number of hydrogen-bond donors (Lipinski definition) is 1. The van der Waals surface area contributed by atoms with Gasteiger partial charge in [0.2, 0.25) is 0 Å². The van der Waals surface area contributed by atoms with Gasteiger partial charge in [0.05, 0.1) is 42.8 Å². The summed E-state index contributed by atoms with van der Waals surface area (Å²) in [5, 5.41) is 12.6. The number of nitrogens with zero attached hydrogens (tertiary/aromatic N) is 5. The van der Waals surface area contributed by atoms with Crippen LogP contribution in [-0.4, -0.2) is 84.6 Å². The summed E-state index contributed by atoms with van der Waals surface area (Å²) < 4.78 is 14.6. The highest BCUT2D eigenvalue weighted by atomic mass is 35.5. The molecule has 4 aromatic rings. The van der Waals surface area contributed by atoms with Crippen LogP contribution < -0.4 is 5.56 Å². The highest BCUT2D eigenvalue weighted by Crippen LogP contribution is 2.32. The molecule has 6 rings (SSSR count). The Morgan fingerprint density at radius 2 is 1.71 bits per heavy atom. The van der Waals surface area contributed by atoms with Crippen LogP contribution in [0.15, 0.2) is 65.7 Å². The maximum Gasteiger partial charge on any atom is 0.411 e. The zero-order valence-corrected chi connectivity index (χ0v) is 28.9. The molecule has 2 aromatic heterocycles. The van der Waals surface area contributed by atoms with Crippen molar-refractivity contribution in [1.82, 2.24) is 23.9 Å². The van der Waals surface area contributed by atoms with E-state index in [1.807, 2.05) is 52.0 Å². The molecule has 0 spiro atoms. The molecule has 48 heavy (non-hydrogen) atoms. The van der Waals surface area contributed by atoms with Crippen molar-refractivity contribution in [3.05, 3.63) is 92.6 Å². The Morgan fingerprint density at radius 3 is 2.35 bits per heavy atom. The van der Waals surface area contributed by atoms with Crippen LogP contribution in [0.2, 0.25) is 10.2 Å². The van der Waals surface area contributed by atoms with Gasteiger partial charge in [-0.2, -0.15) is 0 Å². The molecule has 2 saturated heterocycles. The number of piperidine rings is 1. The van der Waals surface area contributed by atoms with Crippen molar-refractivity contribution in [3.63, 3.8) is 0 Å². The molecule has 2 amide bonds. The summed E-state index contributed by atoms with van der Waals surface area (Å²) in [5.74, 6) is -0.125. The number of morpholine rings is 1. The fourth-order valence-corrected chi connectivity index (χ4v) is 6.78. The van der Waals surface area contributed by atoms with Crippen LogP contribution in [0, 0.1) is 0 Å². The molecule has 2 aliphatic heterocycles. The van der Waals surface area contributed by atoms with Crippen LogP contribution in [-0.2, 0) is 16.0 Å². The van der Waals surface area contributed by atoms with E-state index in [1.54, 1.807) is 44.7 Å². The normalized spacial score (nSPS) is 19.8. The molecule has 0 aliphatic carbocycles. The molecule has 2 aliphatic rings. The van der Waals surface area contributed by atoms with Crippen molar-refractivity contribution in [1.29, 1.82) is 0 Å². The average molecular weight is 697 g/mol. The van der Waals surface area contributed by atoms with Gasteiger partial charge in [0, 0.05) is 29.4 Å². The first kappa shape index (κ1) is 34.0. The van der Waals surface area contributed by atoms with E-state index in [0.717, 1.165) is 5.56 Å². The third-order valence-corrected chi connectivity index (χ3v) is 9.39. The fourth-order valence-electron chi connectivity index (χ4n) is 6.36. The maximum atomic E-state index is 13.6. The van der Waals surface area contributed by atoms with Crippen molar-refractivity contribution >= 4 is 46.2 Å². The van der Waals surface area contributed by atoms with E-state index >= 15 is 0 Å². The minimum Gasteiger partial charge on any atom is -0.444 e. The summed E-state index contributed by atoms with van der Waals surface area (Å²) in [6.07, 6.45) is 1.64. The summed E-state index contributed by atoms with van der Waals surface area (Å²) in [7, 11) is 0. The Bertz CT molecular complexity index is 1870. The molecule has 2 fully saturated rings. The second-order valence-corrected chi connectivity index (χ2v) is 14.4. The predicted molar refractivity (Wildman–Crippen MR) is 183 cm³/mol. The van der Waals surface area contributed by atoms with Gasteiger partial charge in [-0.1, -0.05) is 35.3 Å². The number of halogens is 2. The van der Waals surface area contributed by atoms with Crippen LogP contribution in [0.25, 0.3) is 16.7 Å². The molecule has 0 unspecified atom stereocenters. The molecule has 1 N–H and O–H groups in total.